The molecule has 2 unspecified atom stereocenters. The van der Waals surface area contributed by atoms with Crippen molar-refractivity contribution in [2.45, 2.75) is 66.3 Å². The van der Waals surface area contributed by atoms with Crippen molar-refractivity contribution in [3.05, 3.63) is 0 Å². The molecule has 0 aliphatic carbocycles. The van der Waals surface area contributed by atoms with Crippen molar-refractivity contribution < 1.29 is 4.79 Å². The van der Waals surface area contributed by atoms with E-state index in [0.29, 0.717) is 23.7 Å². The van der Waals surface area contributed by atoms with Gasteiger partial charge in [0.1, 0.15) is 5.78 Å². The summed E-state index contributed by atoms with van der Waals surface area (Å²) in [6, 6.07) is 0.422. The van der Waals surface area contributed by atoms with Gasteiger partial charge < -0.3 is 4.90 Å². The number of hydrogen-bond acceptors (Lipinski definition) is 2. The molecule has 0 N–H and O–H groups in total. The van der Waals surface area contributed by atoms with Gasteiger partial charge in [-0.25, -0.2) is 0 Å². The first kappa shape index (κ1) is 14.7. The van der Waals surface area contributed by atoms with Crippen LogP contribution in [0, 0.1) is 11.3 Å². The minimum atomic E-state index is 0.314. The molecule has 17 heavy (non-hydrogen) atoms. The van der Waals surface area contributed by atoms with Crippen LogP contribution < -0.4 is 0 Å². The first-order valence-electron chi connectivity index (χ1n) is 7.04. The molecule has 0 spiro atoms. The average molecular weight is 239 g/mol. The van der Waals surface area contributed by atoms with Crippen LogP contribution in [0.4, 0.5) is 0 Å². The molecular formula is C15H29NO. The van der Waals surface area contributed by atoms with Gasteiger partial charge in [0.05, 0.1) is 0 Å². The number of hydrogen-bond donors (Lipinski definition) is 0. The largest absolute Gasteiger partial charge is 0.300 e. The van der Waals surface area contributed by atoms with Crippen LogP contribution in [0.25, 0.3) is 0 Å². The SMILES string of the molecule is CC(=O)CC(C)N1CCCC(C(C)(C)C)CC1. The lowest BCUT2D eigenvalue weighted by Gasteiger charge is -2.30. The van der Waals surface area contributed by atoms with Crippen molar-refractivity contribution in [2.75, 3.05) is 13.1 Å². The Labute approximate surface area is 107 Å². The van der Waals surface area contributed by atoms with E-state index in [2.05, 4.69) is 32.6 Å². The summed E-state index contributed by atoms with van der Waals surface area (Å²) >= 11 is 0. The van der Waals surface area contributed by atoms with Crippen LogP contribution >= 0.6 is 0 Å². The number of ketones is 1. The number of nitrogens with zero attached hydrogens (tertiary/aromatic N) is 1. The fourth-order valence-corrected chi connectivity index (χ4v) is 2.97. The summed E-state index contributed by atoms with van der Waals surface area (Å²) in [5, 5.41) is 0. The third kappa shape index (κ3) is 4.79. The molecule has 1 fully saturated rings. The lowest BCUT2D eigenvalue weighted by Crippen LogP contribution is -2.35. The Hall–Kier alpha value is -0.370. The smallest absolute Gasteiger partial charge is 0.131 e. The highest BCUT2D eigenvalue weighted by atomic mass is 16.1. The van der Waals surface area contributed by atoms with E-state index in [1.807, 2.05) is 0 Å². The second kappa shape index (κ2) is 5.99. The molecule has 1 rings (SSSR count). The first-order valence-corrected chi connectivity index (χ1v) is 7.04. The minimum Gasteiger partial charge on any atom is -0.300 e. The predicted octanol–water partition coefficient (Wildman–Crippen LogP) is 3.50. The highest BCUT2D eigenvalue weighted by molar-refractivity contribution is 5.76. The van der Waals surface area contributed by atoms with E-state index in [9.17, 15) is 4.79 Å². The number of carbonyl (C=O) groups is 1. The van der Waals surface area contributed by atoms with Gasteiger partial charge in [-0.2, -0.15) is 0 Å². The van der Waals surface area contributed by atoms with Crippen LogP contribution in [0.3, 0.4) is 0 Å². The fraction of sp³-hybridized carbons (Fsp3) is 0.933. The third-order valence-corrected chi connectivity index (χ3v) is 4.19. The van der Waals surface area contributed by atoms with Crippen molar-refractivity contribution in [2.24, 2.45) is 11.3 Å². The maximum Gasteiger partial charge on any atom is 0.131 e. The zero-order valence-corrected chi connectivity index (χ0v) is 12.3. The van der Waals surface area contributed by atoms with E-state index in [1.165, 1.54) is 25.8 Å². The van der Waals surface area contributed by atoms with Crippen LogP contribution in [-0.2, 0) is 4.79 Å². The van der Waals surface area contributed by atoms with Gasteiger partial charge in [0, 0.05) is 12.5 Å². The Kier molecular flexibility index (Phi) is 5.18. The lowest BCUT2D eigenvalue weighted by molar-refractivity contribution is -0.118. The van der Waals surface area contributed by atoms with E-state index in [0.717, 1.165) is 12.5 Å². The van der Waals surface area contributed by atoms with Gasteiger partial charge in [0.15, 0.2) is 0 Å². The maximum atomic E-state index is 11.2. The number of rotatable bonds is 3. The monoisotopic (exact) mass is 239 g/mol. The summed E-state index contributed by atoms with van der Waals surface area (Å²) in [6.07, 6.45) is 4.61. The molecule has 0 amide bonds. The zero-order valence-electron chi connectivity index (χ0n) is 12.3. The molecule has 0 aromatic carbocycles. The second-order valence-electron chi connectivity index (χ2n) is 6.78. The number of Topliss-reactive ketones (excluding diaryl/α,β-unsaturated/α-hetero) is 1. The normalized spacial score (nSPS) is 25.4. The minimum absolute atomic E-state index is 0.314. The van der Waals surface area contributed by atoms with Crippen molar-refractivity contribution >= 4 is 5.78 Å². The quantitative estimate of drug-likeness (QED) is 0.751. The van der Waals surface area contributed by atoms with Gasteiger partial charge in [-0.05, 0) is 57.5 Å². The van der Waals surface area contributed by atoms with E-state index in [-0.39, 0.29) is 0 Å². The van der Waals surface area contributed by atoms with Crippen LogP contribution in [0.1, 0.15) is 60.3 Å². The summed E-state index contributed by atoms with van der Waals surface area (Å²) < 4.78 is 0. The van der Waals surface area contributed by atoms with E-state index in [1.54, 1.807) is 6.92 Å². The Morgan fingerprint density at radius 1 is 1.29 bits per heavy atom. The predicted molar refractivity (Wildman–Crippen MR) is 73.1 cm³/mol. The third-order valence-electron chi connectivity index (χ3n) is 4.19. The molecule has 2 heteroatoms. The standard InChI is InChI=1S/C15H29NO/c1-12(11-13(2)17)16-9-6-7-14(8-10-16)15(3,4)5/h12,14H,6-11H2,1-5H3. The van der Waals surface area contributed by atoms with Gasteiger partial charge in [-0.15, -0.1) is 0 Å². The Morgan fingerprint density at radius 2 is 1.94 bits per heavy atom. The molecule has 0 saturated carbocycles. The topological polar surface area (TPSA) is 20.3 Å². The van der Waals surface area contributed by atoms with Crippen LogP contribution in [0.5, 0.6) is 0 Å². The fourth-order valence-electron chi connectivity index (χ4n) is 2.97. The molecule has 0 aromatic heterocycles. The second-order valence-corrected chi connectivity index (χ2v) is 6.78. The highest BCUT2D eigenvalue weighted by Gasteiger charge is 2.28. The first-order chi connectivity index (χ1) is 7.80. The summed E-state index contributed by atoms with van der Waals surface area (Å²) in [7, 11) is 0. The van der Waals surface area contributed by atoms with Crippen LogP contribution in [0.15, 0.2) is 0 Å². The molecule has 2 nitrogen and oxygen atoms in total. The van der Waals surface area contributed by atoms with Crippen molar-refractivity contribution in [1.82, 2.24) is 4.90 Å². The van der Waals surface area contributed by atoms with E-state index in [4.69, 9.17) is 0 Å². The molecule has 0 bridgehead atoms. The van der Waals surface area contributed by atoms with Gasteiger partial charge in [0.25, 0.3) is 0 Å². The van der Waals surface area contributed by atoms with E-state index < -0.39 is 0 Å². The molecule has 1 aliphatic heterocycles. The zero-order chi connectivity index (χ0) is 13.1. The Balaban J connectivity index is 2.50. The molecule has 1 aliphatic rings. The van der Waals surface area contributed by atoms with Crippen LogP contribution in [0.2, 0.25) is 0 Å². The van der Waals surface area contributed by atoms with Crippen molar-refractivity contribution in [3.63, 3.8) is 0 Å². The van der Waals surface area contributed by atoms with Crippen molar-refractivity contribution in [3.8, 4) is 0 Å². The Morgan fingerprint density at radius 3 is 2.47 bits per heavy atom. The molecule has 1 heterocycles. The number of carbonyl (C=O) groups excluding carboxylic acids is 1. The lowest BCUT2D eigenvalue weighted by atomic mass is 9.77. The molecule has 0 radical (unpaired) electrons. The molecule has 100 valence electrons. The van der Waals surface area contributed by atoms with Crippen molar-refractivity contribution in [1.29, 1.82) is 0 Å². The van der Waals surface area contributed by atoms with Gasteiger partial charge in [0.2, 0.25) is 0 Å². The molecule has 2 atom stereocenters. The maximum absolute atomic E-state index is 11.2. The van der Waals surface area contributed by atoms with Gasteiger partial charge >= 0.3 is 0 Å². The van der Waals surface area contributed by atoms with Crippen LogP contribution in [-0.4, -0.2) is 29.8 Å². The summed E-state index contributed by atoms with van der Waals surface area (Å²) in [4.78, 5) is 13.7. The molecule has 0 aromatic rings. The number of likely N-dealkylation sites (tertiary alicyclic amines) is 1. The van der Waals surface area contributed by atoms with E-state index >= 15 is 0 Å². The Bertz CT molecular complexity index is 254. The average Bonchev–Trinajstić information content (AvgIpc) is 2.40. The molecule has 1 saturated heterocycles. The summed E-state index contributed by atoms with van der Waals surface area (Å²) in [6.45, 7) is 13.3. The highest BCUT2D eigenvalue weighted by Crippen LogP contribution is 2.34. The summed E-state index contributed by atoms with van der Waals surface area (Å²) in [5.74, 6) is 1.14. The van der Waals surface area contributed by atoms with Gasteiger partial charge in [-0.1, -0.05) is 20.8 Å². The molecular weight excluding hydrogens is 210 g/mol. The summed E-state index contributed by atoms with van der Waals surface area (Å²) in [5.41, 5.74) is 0.430. The van der Waals surface area contributed by atoms with Gasteiger partial charge in [-0.3, -0.25) is 4.79 Å².